The minimum absolute atomic E-state index is 0.305. The maximum atomic E-state index is 12.9. The highest BCUT2D eigenvalue weighted by molar-refractivity contribution is 7.94. The van der Waals surface area contributed by atoms with Gasteiger partial charge < -0.3 is 10.2 Å². The summed E-state index contributed by atoms with van der Waals surface area (Å²) in [5.74, 6) is 1.27. The summed E-state index contributed by atoms with van der Waals surface area (Å²) in [6.07, 6.45) is 1.75. The molecule has 1 aliphatic heterocycles. The number of pyridine rings is 1. The fourth-order valence-electron chi connectivity index (χ4n) is 3.33. The molecule has 3 heterocycles. The predicted octanol–water partition coefficient (Wildman–Crippen LogP) is 3.63. The third-order valence-electron chi connectivity index (χ3n) is 4.91. The number of hydrogen-bond donors (Lipinski definition) is 2. The van der Waals surface area contributed by atoms with Crippen LogP contribution < -0.4 is 14.9 Å². The van der Waals surface area contributed by atoms with Gasteiger partial charge in [0.25, 0.3) is 10.0 Å². The third-order valence-corrected chi connectivity index (χ3v) is 7.87. The molecule has 8 heteroatoms. The van der Waals surface area contributed by atoms with E-state index in [9.17, 15) is 8.42 Å². The average Bonchev–Trinajstić information content (AvgIpc) is 3.14. The molecule has 1 aromatic carbocycles. The van der Waals surface area contributed by atoms with Gasteiger partial charge >= 0.3 is 0 Å². The molecule has 6 nitrogen and oxygen atoms in total. The van der Waals surface area contributed by atoms with Gasteiger partial charge in [-0.05, 0) is 35.7 Å². The quantitative estimate of drug-likeness (QED) is 0.664. The zero-order valence-electron chi connectivity index (χ0n) is 16.0. The van der Waals surface area contributed by atoms with E-state index in [1.54, 1.807) is 12.3 Å². The van der Waals surface area contributed by atoms with Gasteiger partial charge in [0.2, 0.25) is 0 Å². The van der Waals surface area contributed by atoms with Crippen LogP contribution in [-0.2, 0) is 10.0 Å². The van der Waals surface area contributed by atoms with Crippen molar-refractivity contribution in [2.75, 3.05) is 35.8 Å². The first-order valence-electron chi connectivity index (χ1n) is 9.41. The first kappa shape index (κ1) is 19.2. The van der Waals surface area contributed by atoms with Crippen LogP contribution in [0.5, 0.6) is 0 Å². The van der Waals surface area contributed by atoms with Crippen LogP contribution in [0.2, 0.25) is 0 Å². The smallest absolute Gasteiger partial charge is 0.271 e. The van der Waals surface area contributed by atoms with Crippen molar-refractivity contribution in [3.8, 4) is 0 Å². The summed E-state index contributed by atoms with van der Waals surface area (Å²) in [5, 5.41) is 4.22. The van der Waals surface area contributed by atoms with Gasteiger partial charge in [0.05, 0.1) is 0 Å². The van der Waals surface area contributed by atoms with Gasteiger partial charge in [0, 0.05) is 48.1 Å². The molecule has 0 amide bonds. The van der Waals surface area contributed by atoms with E-state index in [4.69, 9.17) is 0 Å². The summed E-state index contributed by atoms with van der Waals surface area (Å²) < 4.78 is 29.8. The number of anilines is 2. The van der Waals surface area contributed by atoms with E-state index in [0.717, 1.165) is 42.1 Å². The molecule has 0 saturated carbocycles. The molecule has 0 unspecified atom stereocenters. The number of sulfonamides is 1. The second-order valence-corrected chi connectivity index (χ2v) is 10.2. The standard InChI is InChI=1S/C20H24N4O2S2/c1-14(2)15-3-5-16(6-4-15)23-28(25,26)19-13-17-18(27-19)7-8-22-20(17)24-11-9-21-10-12-24/h3-8,13-14,21,23H,9-12H2,1-2H3. The Hall–Kier alpha value is -2.16. The van der Waals surface area contributed by atoms with Gasteiger partial charge in [-0.3, -0.25) is 4.72 Å². The first-order valence-corrected chi connectivity index (χ1v) is 11.7. The Balaban J connectivity index is 1.64. The Morgan fingerprint density at radius 1 is 1.14 bits per heavy atom. The number of rotatable bonds is 5. The fourth-order valence-corrected chi connectivity index (χ4v) is 5.76. The number of thiophene rings is 1. The molecule has 4 rings (SSSR count). The zero-order chi connectivity index (χ0) is 19.7. The fraction of sp³-hybridized carbons (Fsp3) is 0.350. The highest BCUT2D eigenvalue weighted by atomic mass is 32.2. The zero-order valence-corrected chi connectivity index (χ0v) is 17.6. The molecule has 0 aliphatic carbocycles. The second kappa shape index (κ2) is 7.69. The van der Waals surface area contributed by atoms with Crippen LogP contribution in [0.4, 0.5) is 11.5 Å². The van der Waals surface area contributed by atoms with Crippen molar-refractivity contribution < 1.29 is 8.42 Å². The lowest BCUT2D eigenvalue weighted by Gasteiger charge is -2.28. The number of hydrogen-bond acceptors (Lipinski definition) is 6. The average molecular weight is 417 g/mol. The van der Waals surface area contributed by atoms with Crippen LogP contribution in [0, 0.1) is 0 Å². The van der Waals surface area contributed by atoms with E-state index in [0.29, 0.717) is 15.8 Å². The molecule has 0 spiro atoms. The van der Waals surface area contributed by atoms with Crippen molar-refractivity contribution in [3.05, 3.63) is 48.2 Å². The van der Waals surface area contributed by atoms with E-state index in [2.05, 4.69) is 33.8 Å². The van der Waals surface area contributed by atoms with E-state index < -0.39 is 10.0 Å². The monoisotopic (exact) mass is 416 g/mol. The van der Waals surface area contributed by atoms with Crippen molar-refractivity contribution >= 4 is 43.0 Å². The lowest BCUT2D eigenvalue weighted by atomic mass is 10.0. The molecule has 28 heavy (non-hydrogen) atoms. The largest absolute Gasteiger partial charge is 0.354 e. The Morgan fingerprint density at radius 3 is 2.54 bits per heavy atom. The number of fused-ring (bicyclic) bond motifs is 1. The van der Waals surface area contributed by atoms with Crippen molar-refractivity contribution in [1.29, 1.82) is 0 Å². The van der Waals surface area contributed by atoms with Crippen LogP contribution in [-0.4, -0.2) is 39.6 Å². The summed E-state index contributed by atoms with van der Waals surface area (Å²) in [5.41, 5.74) is 1.75. The van der Waals surface area contributed by atoms with Gasteiger partial charge in [-0.1, -0.05) is 26.0 Å². The summed E-state index contributed by atoms with van der Waals surface area (Å²) in [6.45, 7) is 7.76. The lowest BCUT2D eigenvalue weighted by Crippen LogP contribution is -2.43. The van der Waals surface area contributed by atoms with E-state index in [-0.39, 0.29) is 0 Å². The van der Waals surface area contributed by atoms with Gasteiger partial charge in [-0.15, -0.1) is 11.3 Å². The van der Waals surface area contributed by atoms with Gasteiger partial charge in [-0.25, -0.2) is 13.4 Å². The molecule has 1 saturated heterocycles. The Bertz CT molecular complexity index is 1070. The van der Waals surface area contributed by atoms with E-state index in [1.165, 1.54) is 16.9 Å². The molecule has 148 valence electrons. The van der Waals surface area contributed by atoms with E-state index in [1.807, 2.05) is 30.3 Å². The molecular weight excluding hydrogens is 392 g/mol. The molecule has 3 aromatic rings. The molecule has 1 fully saturated rings. The van der Waals surface area contributed by atoms with Gasteiger partial charge in [-0.2, -0.15) is 0 Å². The number of nitrogens with one attached hydrogen (secondary N) is 2. The lowest BCUT2D eigenvalue weighted by molar-refractivity contribution is 0.586. The number of benzene rings is 1. The summed E-state index contributed by atoms with van der Waals surface area (Å²) in [6, 6.07) is 11.2. The number of nitrogens with zero attached hydrogens (tertiary/aromatic N) is 2. The number of piperazine rings is 1. The molecule has 2 N–H and O–H groups in total. The van der Waals surface area contributed by atoms with E-state index >= 15 is 0 Å². The Kier molecular flexibility index (Phi) is 5.27. The van der Waals surface area contributed by atoms with Gasteiger partial charge in [0.1, 0.15) is 10.0 Å². The molecular formula is C20H24N4O2S2. The van der Waals surface area contributed by atoms with Crippen LogP contribution in [0.3, 0.4) is 0 Å². The van der Waals surface area contributed by atoms with Crippen molar-refractivity contribution in [2.45, 2.75) is 24.0 Å². The molecule has 1 aliphatic rings. The Morgan fingerprint density at radius 2 is 1.86 bits per heavy atom. The maximum absolute atomic E-state index is 12.9. The predicted molar refractivity (Wildman–Crippen MR) is 116 cm³/mol. The number of aromatic nitrogens is 1. The van der Waals surface area contributed by atoms with Crippen LogP contribution in [0.15, 0.2) is 46.8 Å². The summed E-state index contributed by atoms with van der Waals surface area (Å²) in [4.78, 5) is 6.73. The molecule has 0 radical (unpaired) electrons. The van der Waals surface area contributed by atoms with Crippen molar-refractivity contribution in [3.63, 3.8) is 0 Å². The topological polar surface area (TPSA) is 74.3 Å². The van der Waals surface area contributed by atoms with Crippen LogP contribution >= 0.6 is 11.3 Å². The summed E-state index contributed by atoms with van der Waals surface area (Å²) >= 11 is 1.28. The second-order valence-electron chi connectivity index (χ2n) is 7.23. The molecule has 0 bridgehead atoms. The highest BCUT2D eigenvalue weighted by Crippen LogP contribution is 2.35. The minimum Gasteiger partial charge on any atom is -0.354 e. The minimum atomic E-state index is -3.65. The van der Waals surface area contributed by atoms with Crippen LogP contribution in [0.1, 0.15) is 25.3 Å². The maximum Gasteiger partial charge on any atom is 0.271 e. The molecule has 0 atom stereocenters. The molecule has 2 aromatic heterocycles. The van der Waals surface area contributed by atoms with Crippen molar-refractivity contribution in [2.24, 2.45) is 0 Å². The first-order chi connectivity index (χ1) is 13.4. The highest BCUT2D eigenvalue weighted by Gasteiger charge is 2.21. The van der Waals surface area contributed by atoms with Crippen LogP contribution in [0.25, 0.3) is 10.1 Å². The third kappa shape index (κ3) is 3.85. The van der Waals surface area contributed by atoms with Gasteiger partial charge in [0.15, 0.2) is 0 Å². The summed E-state index contributed by atoms with van der Waals surface area (Å²) in [7, 11) is -3.65. The van der Waals surface area contributed by atoms with Crippen molar-refractivity contribution in [1.82, 2.24) is 10.3 Å². The Labute approximate surface area is 169 Å². The SMILES string of the molecule is CC(C)c1ccc(NS(=O)(=O)c2cc3c(N4CCNCC4)nccc3s2)cc1. The normalized spacial score (nSPS) is 15.3.